The molecule has 104 valence electrons. The Morgan fingerprint density at radius 1 is 1.53 bits per heavy atom. The molecule has 1 heterocycles. The first-order chi connectivity index (χ1) is 9.11. The Labute approximate surface area is 118 Å². The summed E-state index contributed by atoms with van der Waals surface area (Å²) in [4.78, 5) is 6.17. The maximum absolute atomic E-state index is 14.2. The van der Waals surface area contributed by atoms with Gasteiger partial charge in [0.2, 0.25) is 0 Å². The molecule has 2 N–H and O–H groups in total. The Hall–Kier alpha value is -1.29. The highest BCUT2D eigenvalue weighted by Crippen LogP contribution is 2.29. The predicted octanol–water partition coefficient (Wildman–Crippen LogP) is 3.43. The fourth-order valence-electron chi connectivity index (χ4n) is 2.45. The Morgan fingerprint density at radius 2 is 2.32 bits per heavy atom. The van der Waals surface area contributed by atoms with E-state index in [2.05, 4.69) is 16.8 Å². The second kappa shape index (κ2) is 6.24. The number of rotatable bonds is 3. The summed E-state index contributed by atoms with van der Waals surface area (Å²) in [5.74, 6) is 0.185. The van der Waals surface area contributed by atoms with E-state index in [0.717, 1.165) is 19.4 Å². The zero-order chi connectivity index (χ0) is 13.8. The third-order valence-electron chi connectivity index (χ3n) is 3.45. The van der Waals surface area contributed by atoms with Crippen molar-refractivity contribution in [1.29, 1.82) is 0 Å². The number of nitrogens with two attached hydrogens (primary N) is 1. The first-order valence-corrected chi connectivity index (χ1v) is 7.10. The smallest absolute Gasteiger partial charge is 0.148 e. The van der Waals surface area contributed by atoms with Crippen LogP contribution in [0.4, 0.5) is 15.8 Å². The summed E-state index contributed by atoms with van der Waals surface area (Å²) in [6.45, 7) is 3.04. The SMILES string of the molecule is CC1CCCCN1c1ccc(N=C(N)CCl)cc1F. The highest BCUT2D eigenvalue weighted by Gasteiger charge is 2.21. The molecule has 1 unspecified atom stereocenters. The average Bonchev–Trinajstić information content (AvgIpc) is 2.40. The van der Waals surface area contributed by atoms with Crippen LogP contribution >= 0.6 is 11.6 Å². The lowest BCUT2D eigenvalue weighted by Gasteiger charge is -2.35. The minimum atomic E-state index is -0.252. The normalized spacial score (nSPS) is 20.7. The van der Waals surface area contributed by atoms with Gasteiger partial charge in [-0.3, -0.25) is 0 Å². The van der Waals surface area contributed by atoms with Crippen molar-refractivity contribution in [2.75, 3.05) is 17.3 Å². The number of piperidine rings is 1. The molecule has 1 aliphatic heterocycles. The van der Waals surface area contributed by atoms with E-state index in [-0.39, 0.29) is 11.7 Å². The van der Waals surface area contributed by atoms with Crippen LogP contribution in [0.3, 0.4) is 0 Å². The molecule has 0 bridgehead atoms. The van der Waals surface area contributed by atoms with Gasteiger partial charge in [-0.05, 0) is 38.3 Å². The number of anilines is 1. The van der Waals surface area contributed by atoms with Crippen LogP contribution in [-0.4, -0.2) is 24.3 Å². The summed E-state index contributed by atoms with van der Waals surface area (Å²) < 4.78 is 14.2. The quantitative estimate of drug-likeness (QED) is 0.524. The molecular weight excluding hydrogens is 265 g/mol. The van der Waals surface area contributed by atoms with E-state index in [0.29, 0.717) is 23.3 Å². The highest BCUT2D eigenvalue weighted by atomic mass is 35.5. The molecule has 1 fully saturated rings. The number of halogens is 2. The molecule has 1 aromatic carbocycles. The van der Waals surface area contributed by atoms with Crippen LogP contribution in [0.5, 0.6) is 0 Å². The molecule has 0 amide bonds. The number of hydrogen-bond donors (Lipinski definition) is 1. The van der Waals surface area contributed by atoms with E-state index in [4.69, 9.17) is 17.3 Å². The third-order valence-corrected chi connectivity index (χ3v) is 3.73. The molecule has 1 aliphatic rings. The molecule has 1 aromatic rings. The van der Waals surface area contributed by atoms with Gasteiger partial charge in [0.15, 0.2) is 0 Å². The molecule has 3 nitrogen and oxygen atoms in total. The molecular formula is C14H19ClFN3. The number of alkyl halides is 1. The molecule has 5 heteroatoms. The summed E-state index contributed by atoms with van der Waals surface area (Å²) >= 11 is 5.56. The van der Waals surface area contributed by atoms with E-state index in [9.17, 15) is 4.39 Å². The van der Waals surface area contributed by atoms with Crippen molar-refractivity contribution in [2.24, 2.45) is 10.7 Å². The van der Waals surface area contributed by atoms with Gasteiger partial charge >= 0.3 is 0 Å². The van der Waals surface area contributed by atoms with Crippen LogP contribution in [-0.2, 0) is 0 Å². The second-order valence-electron chi connectivity index (χ2n) is 4.91. The summed E-state index contributed by atoms with van der Waals surface area (Å²) in [7, 11) is 0. The van der Waals surface area contributed by atoms with Crippen LogP contribution in [0.1, 0.15) is 26.2 Å². The standard InChI is InChI=1S/C14H19ClFN3/c1-10-4-2-3-7-19(10)13-6-5-11(8-12(13)16)18-14(17)9-15/h5-6,8,10H,2-4,7,9H2,1H3,(H2,17,18). The first kappa shape index (κ1) is 14.1. The van der Waals surface area contributed by atoms with Crippen molar-refractivity contribution >= 4 is 28.8 Å². The molecule has 0 aliphatic carbocycles. The van der Waals surface area contributed by atoms with Crippen molar-refractivity contribution in [3.05, 3.63) is 24.0 Å². The molecule has 0 spiro atoms. The van der Waals surface area contributed by atoms with Gasteiger partial charge in [0, 0.05) is 18.7 Å². The van der Waals surface area contributed by atoms with Crippen LogP contribution in [0.15, 0.2) is 23.2 Å². The molecule has 1 saturated heterocycles. The maximum atomic E-state index is 14.2. The maximum Gasteiger partial charge on any atom is 0.148 e. The molecule has 1 atom stereocenters. The van der Waals surface area contributed by atoms with Crippen LogP contribution in [0.2, 0.25) is 0 Å². The highest BCUT2D eigenvalue weighted by molar-refractivity contribution is 6.28. The molecule has 2 rings (SSSR count). The molecule has 0 saturated carbocycles. The predicted molar refractivity (Wildman–Crippen MR) is 79.1 cm³/mol. The van der Waals surface area contributed by atoms with Crippen LogP contribution in [0, 0.1) is 5.82 Å². The largest absolute Gasteiger partial charge is 0.386 e. The monoisotopic (exact) mass is 283 g/mol. The van der Waals surface area contributed by atoms with E-state index in [1.165, 1.54) is 12.5 Å². The topological polar surface area (TPSA) is 41.6 Å². The Bertz CT molecular complexity index is 476. The van der Waals surface area contributed by atoms with Gasteiger partial charge in [-0.2, -0.15) is 0 Å². The summed E-state index contributed by atoms with van der Waals surface area (Å²) in [5.41, 5.74) is 6.70. The number of amidine groups is 1. The van der Waals surface area contributed by atoms with E-state index >= 15 is 0 Å². The Kier molecular flexibility index (Phi) is 4.64. The summed E-state index contributed by atoms with van der Waals surface area (Å²) in [6, 6.07) is 5.35. The third kappa shape index (κ3) is 3.38. The van der Waals surface area contributed by atoms with Crippen molar-refractivity contribution < 1.29 is 4.39 Å². The number of hydrogen-bond acceptors (Lipinski definition) is 2. The second-order valence-corrected chi connectivity index (χ2v) is 5.18. The van der Waals surface area contributed by atoms with Gasteiger partial charge in [0.1, 0.15) is 11.7 Å². The first-order valence-electron chi connectivity index (χ1n) is 6.57. The fraction of sp³-hybridized carbons (Fsp3) is 0.500. The molecule has 0 radical (unpaired) electrons. The number of nitrogens with zero attached hydrogens (tertiary/aromatic N) is 2. The number of benzene rings is 1. The van der Waals surface area contributed by atoms with E-state index in [1.807, 2.05) is 0 Å². The zero-order valence-electron chi connectivity index (χ0n) is 11.1. The van der Waals surface area contributed by atoms with Gasteiger partial charge in [-0.25, -0.2) is 9.38 Å². The van der Waals surface area contributed by atoms with E-state index in [1.54, 1.807) is 12.1 Å². The van der Waals surface area contributed by atoms with Crippen LogP contribution in [0.25, 0.3) is 0 Å². The van der Waals surface area contributed by atoms with Gasteiger partial charge in [-0.15, -0.1) is 11.6 Å². The minimum Gasteiger partial charge on any atom is -0.386 e. The van der Waals surface area contributed by atoms with Crippen LogP contribution < -0.4 is 10.6 Å². The lowest BCUT2D eigenvalue weighted by molar-refractivity contribution is 0.476. The summed E-state index contributed by atoms with van der Waals surface area (Å²) in [6.07, 6.45) is 3.44. The van der Waals surface area contributed by atoms with E-state index < -0.39 is 0 Å². The van der Waals surface area contributed by atoms with Gasteiger partial charge < -0.3 is 10.6 Å². The van der Waals surface area contributed by atoms with Crippen molar-refractivity contribution in [2.45, 2.75) is 32.2 Å². The van der Waals surface area contributed by atoms with Gasteiger partial charge in [0.05, 0.1) is 17.3 Å². The van der Waals surface area contributed by atoms with Crippen molar-refractivity contribution in [3.63, 3.8) is 0 Å². The molecule has 0 aromatic heterocycles. The lowest BCUT2D eigenvalue weighted by atomic mass is 10.0. The summed E-state index contributed by atoms with van der Waals surface area (Å²) in [5, 5.41) is 0. The number of aliphatic imine (C=N–C) groups is 1. The van der Waals surface area contributed by atoms with Crippen molar-refractivity contribution in [1.82, 2.24) is 0 Å². The van der Waals surface area contributed by atoms with Gasteiger partial charge in [0.25, 0.3) is 0 Å². The fourth-order valence-corrected chi connectivity index (χ4v) is 2.51. The van der Waals surface area contributed by atoms with Gasteiger partial charge in [-0.1, -0.05) is 0 Å². The minimum absolute atomic E-state index is 0.145. The lowest BCUT2D eigenvalue weighted by Crippen LogP contribution is -2.37. The van der Waals surface area contributed by atoms with Crippen molar-refractivity contribution in [3.8, 4) is 0 Å². The zero-order valence-corrected chi connectivity index (χ0v) is 11.8. The average molecular weight is 284 g/mol. The Balaban J connectivity index is 2.24. The molecule has 19 heavy (non-hydrogen) atoms. The Morgan fingerprint density at radius 3 is 2.95 bits per heavy atom.